The fourth-order valence-electron chi connectivity index (χ4n) is 1.36. The van der Waals surface area contributed by atoms with Crippen LogP contribution in [0.5, 0.6) is 0 Å². The quantitative estimate of drug-likeness (QED) is 0.804. The highest BCUT2D eigenvalue weighted by molar-refractivity contribution is 8.09. The van der Waals surface area contributed by atoms with Gasteiger partial charge in [-0.25, -0.2) is 21.2 Å². The van der Waals surface area contributed by atoms with Crippen LogP contribution in [0.4, 0.5) is 10.1 Å². The maximum atomic E-state index is 12.9. The van der Waals surface area contributed by atoms with Crippen LogP contribution in [0.1, 0.15) is 5.56 Å². The monoisotopic (exact) mass is 292 g/mol. The van der Waals surface area contributed by atoms with E-state index in [1.54, 1.807) is 6.07 Å². The smallest absolute Gasteiger partial charge is 0.207 e. The van der Waals surface area contributed by atoms with Crippen LogP contribution in [0, 0.1) is 17.1 Å². The minimum Gasteiger partial charge on any atom is -0.207 e. The summed E-state index contributed by atoms with van der Waals surface area (Å²) in [4.78, 5) is 0. The van der Waals surface area contributed by atoms with Crippen molar-refractivity contribution in [3.05, 3.63) is 29.6 Å². The Kier molecular flexibility index (Phi) is 3.64. The first kappa shape index (κ1) is 14.4. The highest BCUT2D eigenvalue weighted by Crippen LogP contribution is 2.25. The number of nitrogens with zero attached hydrogens (tertiary/aromatic N) is 2. The maximum Gasteiger partial charge on any atom is 0.245 e. The Bertz CT molecular complexity index is 687. The van der Waals surface area contributed by atoms with E-state index in [-0.39, 0.29) is 9.27 Å². The minimum atomic E-state index is -4.15. The molecule has 0 aromatic heterocycles. The Morgan fingerprint density at radius 3 is 2.06 bits per heavy atom. The molecule has 1 aromatic carbocycles. The van der Waals surface area contributed by atoms with Gasteiger partial charge in [-0.15, -0.1) is 0 Å². The molecule has 0 spiro atoms. The molecule has 18 heavy (non-hydrogen) atoms. The molecular formula is C9H9FN2O4S2. The maximum absolute atomic E-state index is 12.9. The van der Waals surface area contributed by atoms with Crippen LogP contribution in [0.3, 0.4) is 0 Å². The van der Waals surface area contributed by atoms with E-state index in [0.717, 1.165) is 18.2 Å². The van der Waals surface area contributed by atoms with E-state index in [1.807, 2.05) is 0 Å². The van der Waals surface area contributed by atoms with Crippen LogP contribution in [0.25, 0.3) is 0 Å². The molecule has 1 aromatic rings. The van der Waals surface area contributed by atoms with Gasteiger partial charge in [0.2, 0.25) is 20.0 Å². The van der Waals surface area contributed by atoms with E-state index in [9.17, 15) is 21.2 Å². The van der Waals surface area contributed by atoms with Gasteiger partial charge in [-0.05, 0) is 18.2 Å². The molecule has 0 unspecified atom stereocenters. The average Bonchev–Trinajstić information content (AvgIpc) is 2.16. The van der Waals surface area contributed by atoms with Crippen LogP contribution < -0.4 is 3.71 Å². The fraction of sp³-hybridized carbons (Fsp3) is 0.222. The molecule has 0 amide bonds. The number of hydrogen-bond donors (Lipinski definition) is 0. The van der Waals surface area contributed by atoms with Crippen molar-refractivity contribution in [2.24, 2.45) is 0 Å². The van der Waals surface area contributed by atoms with Crippen LogP contribution in [0.15, 0.2) is 18.2 Å². The van der Waals surface area contributed by atoms with Gasteiger partial charge >= 0.3 is 0 Å². The van der Waals surface area contributed by atoms with E-state index in [0.29, 0.717) is 12.5 Å². The third-order valence-electron chi connectivity index (χ3n) is 1.88. The van der Waals surface area contributed by atoms with Gasteiger partial charge in [0.1, 0.15) is 11.9 Å². The lowest BCUT2D eigenvalue weighted by Gasteiger charge is -2.20. The summed E-state index contributed by atoms with van der Waals surface area (Å²) in [5.41, 5.74) is -0.783. The van der Waals surface area contributed by atoms with Gasteiger partial charge in [-0.2, -0.15) is 8.97 Å². The standard InChI is InChI=1S/C9H9FN2O4S2/c1-17(13,14)12(18(2,15)16)9-4-3-8(10)5-7(9)6-11/h3-5H,1-2H3. The van der Waals surface area contributed by atoms with Gasteiger partial charge in [-0.3, -0.25) is 0 Å². The third-order valence-corrected chi connectivity index (χ3v) is 5.10. The van der Waals surface area contributed by atoms with E-state index >= 15 is 0 Å². The van der Waals surface area contributed by atoms with Crippen molar-refractivity contribution in [2.45, 2.75) is 0 Å². The fourth-order valence-corrected chi connectivity index (χ4v) is 4.36. The van der Waals surface area contributed by atoms with Crippen molar-refractivity contribution in [3.8, 4) is 6.07 Å². The van der Waals surface area contributed by atoms with Crippen LogP contribution in [-0.4, -0.2) is 29.3 Å². The van der Waals surface area contributed by atoms with Gasteiger partial charge in [0, 0.05) is 0 Å². The molecule has 0 saturated heterocycles. The Balaban J connectivity index is 3.67. The van der Waals surface area contributed by atoms with Crippen molar-refractivity contribution >= 4 is 25.7 Å². The first-order valence-corrected chi connectivity index (χ1v) is 8.17. The first-order valence-electron chi connectivity index (χ1n) is 4.47. The summed E-state index contributed by atoms with van der Waals surface area (Å²) in [5.74, 6) is -0.766. The highest BCUT2D eigenvalue weighted by atomic mass is 32.3. The SMILES string of the molecule is CS(=O)(=O)N(c1ccc(F)cc1C#N)S(C)(=O)=O. The summed E-state index contributed by atoms with van der Waals surface area (Å²) < 4.78 is 58.9. The normalized spacial score (nSPS) is 11.9. The van der Waals surface area contributed by atoms with Gasteiger partial charge in [0.25, 0.3) is 0 Å². The van der Waals surface area contributed by atoms with E-state index in [4.69, 9.17) is 5.26 Å². The lowest BCUT2D eigenvalue weighted by molar-refractivity contribution is 0.590. The van der Waals surface area contributed by atoms with Crippen molar-refractivity contribution in [1.29, 1.82) is 5.26 Å². The Morgan fingerprint density at radius 2 is 1.67 bits per heavy atom. The van der Waals surface area contributed by atoms with Crippen molar-refractivity contribution < 1.29 is 21.2 Å². The number of sulfonamides is 2. The van der Waals surface area contributed by atoms with E-state index in [1.165, 1.54) is 0 Å². The molecule has 98 valence electrons. The van der Waals surface area contributed by atoms with Gasteiger partial charge < -0.3 is 0 Å². The van der Waals surface area contributed by atoms with Crippen molar-refractivity contribution in [1.82, 2.24) is 0 Å². The summed E-state index contributed by atoms with van der Waals surface area (Å²) >= 11 is 0. The molecule has 0 saturated carbocycles. The summed E-state index contributed by atoms with van der Waals surface area (Å²) in [6.07, 6.45) is 1.36. The van der Waals surface area contributed by atoms with E-state index < -0.39 is 31.6 Å². The Morgan fingerprint density at radius 1 is 1.17 bits per heavy atom. The minimum absolute atomic E-state index is 0.0952. The second-order valence-electron chi connectivity index (χ2n) is 3.50. The molecular weight excluding hydrogens is 283 g/mol. The van der Waals surface area contributed by atoms with Gasteiger partial charge in [0.05, 0.1) is 23.8 Å². The third kappa shape index (κ3) is 2.96. The zero-order chi connectivity index (χ0) is 14.1. The lowest BCUT2D eigenvalue weighted by atomic mass is 10.2. The van der Waals surface area contributed by atoms with Crippen molar-refractivity contribution in [2.75, 3.05) is 16.2 Å². The average molecular weight is 292 g/mol. The largest absolute Gasteiger partial charge is 0.245 e. The Labute approximate surface area is 104 Å². The predicted molar refractivity (Wildman–Crippen MR) is 63.3 cm³/mol. The number of anilines is 1. The molecule has 6 nitrogen and oxygen atoms in total. The second kappa shape index (κ2) is 4.55. The van der Waals surface area contributed by atoms with Crippen LogP contribution in [-0.2, 0) is 20.0 Å². The van der Waals surface area contributed by atoms with Crippen LogP contribution >= 0.6 is 0 Å². The molecule has 0 N–H and O–H groups in total. The number of benzene rings is 1. The van der Waals surface area contributed by atoms with Gasteiger partial charge in [-0.1, -0.05) is 0 Å². The lowest BCUT2D eigenvalue weighted by Crippen LogP contribution is -2.35. The zero-order valence-corrected chi connectivity index (χ0v) is 11.1. The summed E-state index contributed by atoms with van der Waals surface area (Å²) in [5, 5.41) is 8.79. The number of halogens is 1. The summed E-state index contributed by atoms with van der Waals surface area (Å²) in [7, 11) is -8.30. The molecule has 9 heteroatoms. The predicted octanol–water partition coefficient (Wildman–Crippen LogP) is 0.423. The summed E-state index contributed by atoms with van der Waals surface area (Å²) in [6.45, 7) is 0. The molecule has 0 radical (unpaired) electrons. The molecule has 0 fully saturated rings. The Hall–Kier alpha value is -1.66. The second-order valence-corrected chi connectivity index (χ2v) is 7.39. The summed E-state index contributed by atoms with van der Waals surface area (Å²) in [6, 6.07) is 4.11. The molecule has 0 bridgehead atoms. The molecule has 0 atom stereocenters. The van der Waals surface area contributed by atoms with Gasteiger partial charge in [0.15, 0.2) is 0 Å². The zero-order valence-electron chi connectivity index (χ0n) is 9.45. The molecule has 0 aliphatic carbocycles. The topological polar surface area (TPSA) is 95.3 Å². The van der Waals surface area contributed by atoms with Crippen LogP contribution in [0.2, 0.25) is 0 Å². The molecule has 0 heterocycles. The molecule has 0 aliphatic heterocycles. The molecule has 0 aliphatic rings. The molecule has 1 rings (SSSR count). The highest BCUT2D eigenvalue weighted by Gasteiger charge is 2.29. The first-order chi connectivity index (χ1) is 8.07. The van der Waals surface area contributed by atoms with E-state index in [2.05, 4.69) is 0 Å². The number of hydrogen-bond acceptors (Lipinski definition) is 5. The number of nitriles is 1. The van der Waals surface area contributed by atoms with Crippen molar-refractivity contribution in [3.63, 3.8) is 0 Å². The number of rotatable bonds is 3.